The first-order valence-electron chi connectivity index (χ1n) is 11.4. The number of hydrogen-bond acceptors (Lipinski definition) is 4. The standard InChI is InChI=1S/C27H31N2O5P/c1-19(28)35(33,34)18-24(16-21-12-14-23(15-13-21)22-10-6-3-7-11-22)26(30)29-25(27(31)32)17-20-8-4-2-5-9-20/h2-15,19,24-25H,16-18,28H2,1H3,(H,29,30)(H,31,32)(H,33,34)/t19-,24-,25+/m1/s1. The average Bonchev–Trinajstić information content (AvgIpc) is 2.84. The first-order valence-corrected chi connectivity index (χ1v) is 13.4. The predicted molar refractivity (Wildman–Crippen MR) is 137 cm³/mol. The minimum Gasteiger partial charge on any atom is -0.480 e. The Morgan fingerprint density at radius 1 is 0.857 bits per heavy atom. The molecule has 1 amide bonds. The molecule has 7 nitrogen and oxygen atoms in total. The molecule has 3 aromatic carbocycles. The molecule has 0 saturated carbocycles. The second-order valence-corrected chi connectivity index (χ2v) is 11.4. The number of carboxylic acids is 1. The van der Waals surface area contributed by atoms with Gasteiger partial charge in [-0.3, -0.25) is 9.36 Å². The summed E-state index contributed by atoms with van der Waals surface area (Å²) < 4.78 is 12.7. The second kappa shape index (κ2) is 11.9. The van der Waals surface area contributed by atoms with Crippen LogP contribution in [0.2, 0.25) is 0 Å². The van der Waals surface area contributed by atoms with E-state index in [2.05, 4.69) is 5.32 Å². The Kier molecular flexibility index (Phi) is 8.99. The van der Waals surface area contributed by atoms with Crippen molar-refractivity contribution in [3.05, 3.63) is 96.1 Å². The van der Waals surface area contributed by atoms with E-state index in [0.717, 1.165) is 22.3 Å². The Morgan fingerprint density at radius 2 is 1.37 bits per heavy atom. The van der Waals surface area contributed by atoms with Gasteiger partial charge in [0.05, 0.1) is 11.7 Å². The summed E-state index contributed by atoms with van der Waals surface area (Å²) in [4.78, 5) is 35.4. The van der Waals surface area contributed by atoms with Crippen LogP contribution in [0.15, 0.2) is 84.9 Å². The summed E-state index contributed by atoms with van der Waals surface area (Å²) in [5.74, 6) is -3.68. The molecule has 0 aliphatic carbocycles. The van der Waals surface area contributed by atoms with E-state index < -0.39 is 37.0 Å². The largest absolute Gasteiger partial charge is 0.480 e. The topological polar surface area (TPSA) is 130 Å². The van der Waals surface area contributed by atoms with Gasteiger partial charge in [-0.2, -0.15) is 0 Å². The number of aliphatic carboxylic acids is 1. The minimum absolute atomic E-state index is 0.102. The molecule has 4 atom stereocenters. The van der Waals surface area contributed by atoms with Gasteiger partial charge in [0, 0.05) is 12.6 Å². The maximum atomic E-state index is 13.2. The fourth-order valence-electron chi connectivity index (χ4n) is 3.81. The van der Waals surface area contributed by atoms with Gasteiger partial charge in [-0.25, -0.2) is 4.79 Å². The number of hydrogen-bond donors (Lipinski definition) is 4. The maximum absolute atomic E-state index is 13.2. The Morgan fingerprint density at radius 3 is 1.91 bits per heavy atom. The number of nitrogens with two attached hydrogens (primary N) is 1. The molecule has 0 aliphatic heterocycles. The number of carbonyl (C=O) groups excluding carboxylic acids is 1. The third-order valence-corrected chi connectivity index (χ3v) is 8.17. The third-order valence-electron chi connectivity index (χ3n) is 5.93. The van der Waals surface area contributed by atoms with Crippen LogP contribution in [0.25, 0.3) is 11.1 Å². The van der Waals surface area contributed by atoms with Gasteiger partial charge in [-0.1, -0.05) is 84.9 Å². The molecule has 0 fully saturated rings. The van der Waals surface area contributed by atoms with Crippen molar-refractivity contribution in [3.63, 3.8) is 0 Å². The Labute approximate surface area is 205 Å². The maximum Gasteiger partial charge on any atom is 0.326 e. The summed E-state index contributed by atoms with van der Waals surface area (Å²) in [6.45, 7) is 1.43. The highest BCUT2D eigenvalue weighted by Gasteiger charge is 2.34. The number of carboxylic acid groups (broad SMARTS) is 1. The lowest BCUT2D eigenvalue weighted by molar-refractivity contribution is -0.142. The molecule has 3 aromatic rings. The van der Waals surface area contributed by atoms with Gasteiger partial charge in [0.2, 0.25) is 13.3 Å². The van der Waals surface area contributed by atoms with Crippen LogP contribution in [0, 0.1) is 5.92 Å². The zero-order valence-corrected chi connectivity index (χ0v) is 20.5. The van der Waals surface area contributed by atoms with Crippen molar-refractivity contribution in [2.45, 2.75) is 31.6 Å². The summed E-state index contributed by atoms with van der Waals surface area (Å²) in [5, 5.41) is 12.2. The van der Waals surface area contributed by atoms with Crippen LogP contribution < -0.4 is 11.1 Å². The van der Waals surface area contributed by atoms with Crippen LogP contribution in [0.1, 0.15) is 18.1 Å². The Hall–Kier alpha value is -3.25. The molecule has 0 saturated heterocycles. The monoisotopic (exact) mass is 494 g/mol. The molecular weight excluding hydrogens is 463 g/mol. The van der Waals surface area contributed by atoms with Crippen LogP contribution in [0.4, 0.5) is 0 Å². The summed E-state index contributed by atoms with van der Waals surface area (Å²) >= 11 is 0. The van der Waals surface area contributed by atoms with Crippen LogP contribution in [-0.4, -0.2) is 39.9 Å². The molecule has 35 heavy (non-hydrogen) atoms. The first-order chi connectivity index (χ1) is 16.7. The summed E-state index contributed by atoms with van der Waals surface area (Å²) in [5.41, 5.74) is 9.32. The van der Waals surface area contributed by atoms with E-state index in [-0.39, 0.29) is 19.0 Å². The van der Waals surface area contributed by atoms with E-state index in [1.807, 2.05) is 60.7 Å². The number of amides is 1. The lowest BCUT2D eigenvalue weighted by atomic mass is 9.97. The molecule has 3 rings (SSSR count). The number of nitrogens with one attached hydrogen (secondary N) is 1. The van der Waals surface area contributed by atoms with Crippen molar-refractivity contribution in [2.24, 2.45) is 11.7 Å². The molecule has 0 aliphatic rings. The van der Waals surface area contributed by atoms with E-state index in [1.165, 1.54) is 6.92 Å². The van der Waals surface area contributed by atoms with E-state index in [4.69, 9.17) is 5.73 Å². The number of rotatable bonds is 11. The van der Waals surface area contributed by atoms with Crippen LogP contribution in [0.5, 0.6) is 0 Å². The van der Waals surface area contributed by atoms with Gasteiger partial charge < -0.3 is 21.1 Å². The zero-order valence-electron chi connectivity index (χ0n) is 19.6. The third kappa shape index (κ3) is 7.62. The van der Waals surface area contributed by atoms with E-state index in [1.54, 1.807) is 24.3 Å². The highest BCUT2D eigenvalue weighted by molar-refractivity contribution is 7.58. The van der Waals surface area contributed by atoms with Crippen molar-refractivity contribution >= 4 is 19.2 Å². The summed E-state index contributed by atoms with van der Waals surface area (Å²) in [6.07, 6.45) is -0.0606. The average molecular weight is 495 g/mol. The molecule has 1 unspecified atom stereocenters. The predicted octanol–water partition coefficient (Wildman–Crippen LogP) is 3.90. The molecule has 0 spiro atoms. The fraction of sp³-hybridized carbons (Fsp3) is 0.259. The fourth-order valence-corrected chi connectivity index (χ4v) is 5.07. The lowest BCUT2D eigenvalue weighted by Crippen LogP contribution is -2.46. The smallest absolute Gasteiger partial charge is 0.326 e. The lowest BCUT2D eigenvalue weighted by Gasteiger charge is -2.24. The molecular formula is C27H31N2O5P. The zero-order chi connectivity index (χ0) is 25.4. The van der Waals surface area contributed by atoms with Crippen LogP contribution in [-0.2, 0) is 27.0 Å². The molecule has 0 bridgehead atoms. The SMILES string of the molecule is C[C@H](N)P(=O)(O)C[C@@H](Cc1ccc(-c2ccccc2)cc1)C(=O)N[C@@H](Cc1ccccc1)C(=O)O. The Balaban J connectivity index is 1.79. The van der Waals surface area contributed by atoms with E-state index >= 15 is 0 Å². The molecule has 5 N–H and O–H groups in total. The van der Waals surface area contributed by atoms with Crippen molar-refractivity contribution in [1.29, 1.82) is 0 Å². The van der Waals surface area contributed by atoms with Crippen molar-refractivity contribution < 1.29 is 24.2 Å². The van der Waals surface area contributed by atoms with Gasteiger partial charge in [-0.15, -0.1) is 0 Å². The first kappa shape index (κ1) is 26.4. The van der Waals surface area contributed by atoms with E-state index in [0.29, 0.717) is 0 Å². The van der Waals surface area contributed by atoms with Gasteiger partial charge in [0.15, 0.2) is 0 Å². The molecule has 8 heteroatoms. The highest BCUT2D eigenvalue weighted by Crippen LogP contribution is 2.46. The Bertz CT molecular complexity index is 1170. The molecule has 0 aromatic heterocycles. The molecule has 0 radical (unpaired) electrons. The van der Waals surface area contributed by atoms with Crippen LogP contribution >= 0.6 is 7.37 Å². The van der Waals surface area contributed by atoms with Gasteiger partial charge in [0.1, 0.15) is 6.04 Å². The van der Waals surface area contributed by atoms with Crippen molar-refractivity contribution in [2.75, 3.05) is 6.16 Å². The van der Waals surface area contributed by atoms with Crippen LogP contribution in [0.3, 0.4) is 0 Å². The number of benzene rings is 3. The minimum atomic E-state index is -3.83. The molecule has 184 valence electrons. The van der Waals surface area contributed by atoms with E-state index in [9.17, 15) is 24.2 Å². The quantitative estimate of drug-likeness (QED) is 0.299. The van der Waals surface area contributed by atoms with Gasteiger partial charge in [-0.05, 0) is 35.6 Å². The van der Waals surface area contributed by atoms with Crippen molar-refractivity contribution in [3.8, 4) is 11.1 Å². The summed E-state index contributed by atoms with van der Waals surface area (Å²) in [7, 11) is -3.83. The number of carbonyl (C=O) groups is 2. The van der Waals surface area contributed by atoms with Gasteiger partial charge in [0.25, 0.3) is 0 Å². The van der Waals surface area contributed by atoms with Crippen molar-refractivity contribution in [1.82, 2.24) is 5.32 Å². The molecule has 0 heterocycles. The summed E-state index contributed by atoms with van der Waals surface area (Å²) in [6, 6.07) is 25.2. The second-order valence-electron chi connectivity index (χ2n) is 8.73. The normalized spacial score (nSPS) is 15.4. The highest BCUT2D eigenvalue weighted by atomic mass is 31.2. The van der Waals surface area contributed by atoms with Gasteiger partial charge >= 0.3 is 5.97 Å².